The van der Waals surface area contributed by atoms with E-state index in [-0.39, 0.29) is 24.8 Å². The minimum absolute atomic E-state index is 0.0479. The zero-order valence-corrected chi connectivity index (χ0v) is 18.0. The molecule has 7 nitrogen and oxygen atoms in total. The number of anilines is 1. The largest absolute Gasteiger partial charge is 0.354 e. The van der Waals surface area contributed by atoms with E-state index in [9.17, 15) is 9.59 Å². The number of carbonyl (C=O) groups is 2. The molecule has 0 saturated carbocycles. The van der Waals surface area contributed by atoms with Crippen molar-refractivity contribution in [2.75, 3.05) is 26.1 Å². The van der Waals surface area contributed by atoms with Gasteiger partial charge in [-0.15, -0.1) is 0 Å². The Hall–Kier alpha value is -2.68. The van der Waals surface area contributed by atoms with Crippen molar-refractivity contribution >= 4 is 40.1 Å². The molecule has 0 aliphatic carbocycles. The molecule has 0 radical (unpaired) electrons. The summed E-state index contributed by atoms with van der Waals surface area (Å²) < 4.78 is 10.5. The molecule has 2 aromatic rings. The summed E-state index contributed by atoms with van der Waals surface area (Å²) in [6.45, 7) is 2.18. The summed E-state index contributed by atoms with van der Waals surface area (Å²) >= 11 is 1.28. The molecular formula is C22H25N3O4S. The molecule has 1 atom stereocenters. The topological polar surface area (TPSA) is 80.2 Å². The molecule has 8 heteroatoms. The van der Waals surface area contributed by atoms with Crippen molar-refractivity contribution in [1.82, 2.24) is 4.90 Å². The number of nitrogens with one attached hydrogen (secondary N) is 1. The first-order valence-electron chi connectivity index (χ1n) is 9.54. The van der Waals surface area contributed by atoms with Crippen molar-refractivity contribution in [3.8, 4) is 0 Å². The van der Waals surface area contributed by atoms with Crippen LogP contribution in [0.25, 0.3) is 0 Å². The maximum absolute atomic E-state index is 13.0. The van der Waals surface area contributed by atoms with Crippen molar-refractivity contribution in [3.05, 3.63) is 60.2 Å². The smallest absolute Gasteiger partial charge is 0.242 e. The Balaban J connectivity index is 1.75. The number of hydrogen-bond acceptors (Lipinski definition) is 6. The molecule has 0 unspecified atom stereocenters. The van der Waals surface area contributed by atoms with Crippen LogP contribution in [0.2, 0.25) is 0 Å². The number of benzene rings is 2. The van der Waals surface area contributed by atoms with Crippen molar-refractivity contribution in [3.63, 3.8) is 0 Å². The number of amides is 2. The molecule has 30 heavy (non-hydrogen) atoms. The number of nitrogens with zero attached hydrogens (tertiary/aromatic N) is 2. The number of thioether (sulfide) groups is 1. The number of hydrogen-bond donors (Lipinski definition) is 1. The van der Waals surface area contributed by atoms with E-state index in [1.807, 2.05) is 61.5 Å². The molecule has 1 N–H and O–H groups in total. The SMILES string of the molecule is COC(CN1C(=O)[C@H](CC(=O)Nc2ccc(C)cc2)SC1=Nc1ccccc1)OC. The van der Waals surface area contributed by atoms with Crippen molar-refractivity contribution in [2.45, 2.75) is 24.9 Å². The first kappa shape index (κ1) is 22.0. The van der Waals surface area contributed by atoms with Gasteiger partial charge in [-0.3, -0.25) is 14.5 Å². The van der Waals surface area contributed by atoms with Gasteiger partial charge in [-0.2, -0.15) is 0 Å². The third-order valence-corrected chi connectivity index (χ3v) is 5.74. The highest BCUT2D eigenvalue weighted by Crippen LogP contribution is 2.32. The van der Waals surface area contributed by atoms with Crippen LogP contribution in [0.5, 0.6) is 0 Å². The van der Waals surface area contributed by atoms with Gasteiger partial charge < -0.3 is 14.8 Å². The van der Waals surface area contributed by atoms with E-state index < -0.39 is 11.5 Å². The Morgan fingerprint density at radius 3 is 2.43 bits per heavy atom. The fourth-order valence-electron chi connectivity index (χ4n) is 2.92. The van der Waals surface area contributed by atoms with E-state index in [2.05, 4.69) is 10.3 Å². The van der Waals surface area contributed by atoms with E-state index in [0.717, 1.165) is 11.3 Å². The minimum atomic E-state index is -0.587. The zero-order valence-electron chi connectivity index (χ0n) is 17.2. The Morgan fingerprint density at radius 2 is 1.80 bits per heavy atom. The normalized spacial score (nSPS) is 17.7. The molecule has 0 bridgehead atoms. The maximum Gasteiger partial charge on any atom is 0.242 e. The maximum atomic E-state index is 13.0. The second-order valence-corrected chi connectivity index (χ2v) is 7.97. The molecule has 0 aromatic heterocycles. The third-order valence-electron chi connectivity index (χ3n) is 4.56. The van der Waals surface area contributed by atoms with Crippen molar-refractivity contribution < 1.29 is 19.1 Å². The van der Waals surface area contributed by atoms with Crippen LogP contribution >= 0.6 is 11.8 Å². The molecule has 1 saturated heterocycles. The lowest BCUT2D eigenvalue weighted by Crippen LogP contribution is -2.40. The third kappa shape index (κ3) is 5.69. The van der Waals surface area contributed by atoms with Gasteiger partial charge in [0.2, 0.25) is 11.8 Å². The average molecular weight is 428 g/mol. The van der Waals surface area contributed by atoms with E-state index in [1.54, 1.807) is 0 Å². The van der Waals surface area contributed by atoms with Crippen LogP contribution in [-0.2, 0) is 19.1 Å². The summed E-state index contributed by atoms with van der Waals surface area (Å²) in [7, 11) is 3.03. The molecule has 2 aromatic carbocycles. The number of aliphatic imine (C=N–C) groups is 1. The highest BCUT2D eigenvalue weighted by Gasteiger charge is 2.40. The number of para-hydroxylation sites is 1. The highest BCUT2D eigenvalue weighted by molar-refractivity contribution is 8.15. The average Bonchev–Trinajstić information content (AvgIpc) is 3.02. The van der Waals surface area contributed by atoms with Gasteiger partial charge in [-0.25, -0.2) is 4.99 Å². The van der Waals surface area contributed by atoms with E-state index in [0.29, 0.717) is 10.9 Å². The van der Waals surface area contributed by atoms with Gasteiger partial charge in [0, 0.05) is 26.3 Å². The van der Waals surface area contributed by atoms with Gasteiger partial charge in [0.25, 0.3) is 0 Å². The van der Waals surface area contributed by atoms with E-state index in [4.69, 9.17) is 9.47 Å². The lowest BCUT2D eigenvalue weighted by atomic mass is 10.2. The summed E-state index contributed by atoms with van der Waals surface area (Å²) in [5.41, 5.74) is 2.54. The van der Waals surface area contributed by atoms with E-state index in [1.165, 1.54) is 30.9 Å². The molecule has 3 rings (SSSR count). The van der Waals surface area contributed by atoms with Crippen LogP contribution in [0.1, 0.15) is 12.0 Å². The Morgan fingerprint density at radius 1 is 1.13 bits per heavy atom. The van der Waals surface area contributed by atoms with E-state index >= 15 is 0 Å². The van der Waals surface area contributed by atoms with Crippen LogP contribution in [0, 0.1) is 6.92 Å². The van der Waals surface area contributed by atoms with Crippen LogP contribution in [-0.4, -0.2) is 54.2 Å². The molecule has 1 aliphatic rings. The molecule has 2 amide bonds. The fraction of sp³-hybridized carbons (Fsp3) is 0.318. The molecular weight excluding hydrogens is 402 g/mol. The van der Waals surface area contributed by atoms with Gasteiger partial charge in [0.05, 0.1) is 12.2 Å². The summed E-state index contributed by atoms with van der Waals surface area (Å²) in [4.78, 5) is 31.7. The summed E-state index contributed by atoms with van der Waals surface area (Å²) in [6.07, 6.45) is -0.539. The van der Waals surface area contributed by atoms with Gasteiger partial charge in [-0.1, -0.05) is 47.7 Å². The van der Waals surface area contributed by atoms with Crippen LogP contribution in [0.3, 0.4) is 0 Å². The Bertz CT molecular complexity index is 898. The lowest BCUT2D eigenvalue weighted by molar-refractivity contribution is -0.138. The molecule has 158 valence electrons. The van der Waals surface area contributed by atoms with Gasteiger partial charge in [0.1, 0.15) is 5.25 Å². The summed E-state index contributed by atoms with van der Waals surface area (Å²) in [6, 6.07) is 16.9. The minimum Gasteiger partial charge on any atom is -0.354 e. The molecule has 1 heterocycles. The quantitative estimate of drug-likeness (QED) is 0.652. The number of rotatable bonds is 8. The summed E-state index contributed by atoms with van der Waals surface area (Å²) in [5, 5.41) is 2.81. The second-order valence-electron chi connectivity index (χ2n) is 6.80. The second kappa shape index (κ2) is 10.4. The van der Waals surface area contributed by atoms with Crippen molar-refractivity contribution in [2.24, 2.45) is 4.99 Å². The first-order chi connectivity index (χ1) is 14.5. The standard InChI is InChI=1S/C22H25N3O4S/c1-15-9-11-17(12-10-15)23-19(26)13-18-21(27)25(14-20(28-2)29-3)22(30-18)24-16-7-5-4-6-8-16/h4-12,18,20H,13-14H2,1-3H3,(H,23,26)/t18-/m0/s1. The number of aryl methyl sites for hydroxylation is 1. The predicted octanol–water partition coefficient (Wildman–Crippen LogP) is 3.57. The zero-order chi connectivity index (χ0) is 21.5. The van der Waals surface area contributed by atoms with Crippen molar-refractivity contribution in [1.29, 1.82) is 0 Å². The number of ether oxygens (including phenoxy) is 2. The van der Waals surface area contributed by atoms with Crippen LogP contribution in [0.4, 0.5) is 11.4 Å². The summed E-state index contributed by atoms with van der Waals surface area (Å²) in [5.74, 6) is -0.409. The van der Waals surface area contributed by atoms with Gasteiger partial charge in [0.15, 0.2) is 11.5 Å². The number of amidine groups is 1. The highest BCUT2D eigenvalue weighted by atomic mass is 32.2. The monoisotopic (exact) mass is 427 g/mol. The number of carbonyl (C=O) groups excluding carboxylic acids is 2. The molecule has 1 aliphatic heterocycles. The first-order valence-corrected chi connectivity index (χ1v) is 10.4. The van der Waals surface area contributed by atoms with Gasteiger partial charge in [-0.05, 0) is 31.2 Å². The van der Waals surface area contributed by atoms with Crippen LogP contribution < -0.4 is 5.32 Å². The fourth-order valence-corrected chi connectivity index (χ4v) is 4.08. The Labute approximate surface area is 180 Å². The predicted molar refractivity (Wildman–Crippen MR) is 119 cm³/mol. The Kier molecular flexibility index (Phi) is 7.62. The van der Waals surface area contributed by atoms with Crippen LogP contribution in [0.15, 0.2) is 59.6 Å². The molecule has 1 fully saturated rings. The number of methoxy groups -OCH3 is 2. The lowest BCUT2D eigenvalue weighted by Gasteiger charge is -2.21. The molecule has 0 spiro atoms. The van der Waals surface area contributed by atoms with Gasteiger partial charge >= 0.3 is 0 Å².